The Morgan fingerprint density at radius 2 is 1.96 bits per heavy atom. The van der Waals surface area contributed by atoms with Crippen molar-refractivity contribution in [2.75, 3.05) is 18.4 Å². The van der Waals surface area contributed by atoms with E-state index in [1.165, 1.54) is 28.4 Å². The summed E-state index contributed by atoms with van der Waals surface area (Å²) >= 11 is 1.39. The Bertz CT molecular complexity index is 728. The van der Waals surface area contributed by atoms with Crippen molar-refractivity contribution < 1.29 is 14.0 Å². The van der Waals surface area contributed by atoms with Crippen LogP contribution in [0.25, 0.3) is 0 Å². The molecule has 1 aromatic carbocycles. The maximum absolute atomic E-state index is 13.0. The SMILES string of the molecule is Cc1cnc(NC(=O)CN(CC(C)C)C(=O)Cc2ccc(F)cc2)s1. The summed E-state index contributed by atoms with van der Waals surface area (Å²) in [6.07, 6.45) is 1.82. The minimum atomic E-state index is -0.339. The average Bonchev–Trinajstić information content (AvgIpc) is 2.93. The number of thiazole rings is 1. The van der Waals surface area contributed by atoms with Gasteiger partial charge in [0.15, 0.2) is 5.13 Å². The van der Waals surface area contributed by atoms with Crippen LogP contribution in [0, 0.1) is 18.7 Å². The molecular weight excluding hydrogens is 341 g/mol. The van der Waals surface area contributed by atoms with E-state index >= 15 is 0 Å². The molecule has 5 nitrogen and oxygen atoms in total. The number of benzene rings is 1. The van der Waals surface area contributed by atoms with E-state index in [2.05, 4.69) is 10.3 Å². The van der Waals surface area contributed by atoms with Crippen LogP contribution in [-0.4, -0.2) is 34.8 Å². The molecule has 2 amide bonds. The molecule has 0 atom stereocenters. The van der Waals surface area contributed by atoms with Crippen molar-refractivity contribution in [1.29, 1.82) is 0 Å². The first-order valence-electron chi connectivity index (χ1n) is 8.08. The Morgan fingerprint density at radius 3 is 2.52 bits per heavy atom. The summed E-state index contributed by atoms with van der Waals surface area (Å²) in [7, 11) is 0. The van der Waals surface area contributed by atoms with Gasteiger partial charge in [-0.15, -0.1) is 11.3 Å². The van der Waals surface area contributed by atoms with Crippen LogP contribution in [0.4, 0.5) is 9.52 Å². The highest BCUT2D eigenvalue weighted by atomic mass is 32.1. The summed E-state index contributed by atoms with van der Waals surface area (Å²) in [4.78, 5) is 31.4. The molecule has 134 valence electrons. The summed E-state index contributed by atoms with van der Waals surface area (Å²) < 4.78 is 13.0. The summed E-state index contributed by atoms with van der Waals surface area (Å²) in [5, 5.41) is 3.24. The van der Waals surface area contributed by atoms with E-state index in [1.54, 1.807) is 18.3 Å². The Hall–Kier alpha value is -2.28. The second kappa shape index (κ2) is 8.71. The van der Waals surface area contributed by atoms with Crippen molar-refractivity contribution in [3.63, 3.8) is 0 Å². The highest BCUT2D eigenvalue weighted by Crippen LogP contribution is 2.16. The number of carbonyl (C=O) groups excluding carboxylic acids is 2. The number of anilines is 1. The Kier molecular flexibility index (Phi) is 6.64. The quantitative estimate of drug-likeness (QED) is 0.821. The normalized spacial score (nSPS) is 10.8. The largest absolute Gasteiger partial charge is 0.333 e. The maximum Gasteiger partial charge on any atom is 0.245 e. The lowest BCUT2D eigenvalue weighted by atomic mass is 10.1. The van der Waals surface area contributed by atoms with Gasteiger partial charge in [-0.2, -0.15) is 0 Å². The molecule has 7 heteroatoms. The first kappa shape index (κ1) is 19.1. The molecule has 2 rings (SSSR count). The van der Waals surface area contributed by atoms with Gasteiger partial charge in [-0.1, -0.05) is 26.0 Å². The predicted octanol–water partition coefficient (Wildman–Crippen LogP) is 3.26. The van der Waals surface area contributed by atoms with Crippen molar-refractivity contribution in [3.8, 4) is 0 Å². The number of hydrogen-bond donors (Lipinski definition) is 1. The van der Waals surface area contributed by atoms with Crippen LogP contribution >= 0.6 is 11.3 Å². The zero-order valence-corrected chi connectivity index (χ0v) is 15.4. The molecule has 0 radical (unpaired) electrons. The molecule has 25 heavy (non-hydrogen) atoms. The van der Waals surface area contributed by atoms with Crippen LogP contribution in [-0.2, 0) is 16.0 Å². The van der Waals surface area contributed by atoms with Crippen LogP contribution in [0.15, 0.2) is 30.5 Å². The van der Waals surface area contributed by atoms with Crippen LogP contribution < -0.4 is 5.32 Å². The number of aromatic nitrogens is 1. The third-order valence-electron chi connectivity index (χ3n) is 3.41. The van der Waals surface area contributed by atoms with Gasteiger partial charge in [0, 0.05) is 17.6 Å². The third kappa shape index (κ3) is 6.26. The van der Waals surface area contributed by atoms with Gasteiger partial charge < -0.3 is 10.2 Å². The first-order chi connectivity index (χ1) is 11.8. The minimum absolute atomic E-state index is 0.0309. The van der Waals surface area contributed by atoms with Gasteiger partial charge in [0.2, 0.25) is 11.8 Å². The zero-order valence-electron chi connectivity index (χ0n) is 14.6. The number of rotatable bonds is 7. The molecule has 0 aliphatic carbocycles. The molecule has 2 aromatic rings. The summed E-state index contributed by atoms with van der Waals surface area (Å²) in [5.41, 5.74) is 0.719. The van der Waals surface area contributed by atoms with E-state index in [0.29, 0.717) is 11.7 Å². The Labute approximate surface area is 150 Å². The van der Waals surface area contributed by atoms with Crippen molar-refractivity contribution in [1.82, 2.24) is 9.88 Å². The van der Waals surface area contributed by atoms with Gasteiger partial charge in [-0.3, -0.25) is 9.59 Å². The van der Waals surface area contributed by atoms with Crippen LogP contribution in [0.2, 0.25) is 0 Å². The number of nitrogens with one attached hydrogen (secondary N) is 1. The monoisotopic (exact) mass is 363 g/mol. The van der Waals surface area contributed by atoms with Gasteiger partial charge >= 0.3 is 0 Å². The molecule has 0 saturated heterocycles. The Morgan fingerprint density at radius 1 is 1.28 bits per heavy atom. The van der Waals surface area contributed by atoms with E-state index in [1.807, 2.05) is 20.8 Å². The van der Waals surface area contributed by atoms with Crippen molar-refractivity contribution in [2.24, 2.45) is 5.92 Å². The van der Waals surface area contributed by atoms with E-state index in [9.17, 15) is 14.0 Å². The molecule has 1 heterocycles. The fourth-order valence-corrected chi connectivity index (χ4v) is 3.01. The van der Waals surface area contributed by atoms with Crippen molar-refractivity contribution in [3.05, 3.63) is 46.7 Å². The number of amides is 2. The number of nitrogens with zero attached hydrogens (tertiary/aromatic N) is 2. The highest BCUT2D eigenvalue weighted by Gasteiger charge is 2.19. The molecule has 0 fully saturated rings. The molecule has 0 bridgehead atoms. The first-order valence-corrected chi connectivity index (χ1v) is 8.89. The highest BCUT2D eigenvalue weighted by molar-refractivity contribution is 7.15. The van der Waals surface area contributed by atoms with Gasteiger partial charge in [-0.05, 0) is 30.5 Å². The van der Waals surface area contributed by atoms with Gasteiger partial charge in [0.25, 0.3) is 0 Å². The summed E-state index contributed by atoms with van der Waals surface area (Å²) in [6.45, 7) is 6.33. The lowest BCUT2D eigenvalue weighted by Crippen LogP contribution is -2.41. The topological polar surface area (TPSA) is 62.3 Å². The van der Waals surface area contributed by atoms with Crippen LogP contribution in [0.1, 0.15) is 24.3 Å². The van der Waals surface area contributed by atoms with E-state index in [0.717, 1.165) is 10.4 Å². The number of carbonyl (C=O) groups is 2. The third-order valence-corrected chi connectivity index (χ3v) is 4.24. The fraction of sp³-hybridized carbons (Fsp3) is 0.389. The smallest absolute Gasteiger partial charge is 0.245 e. The number of aryl methyl sites for hydroxylation is 1. The van der Waals surface area contributed by atoms with E-state index < -0.39 is 0 Å². The lowest BCUT2D eigenvalue weighted by molar-refractivity contribution is -0.134. The Balaban J connectivity index is 2.00. The molecule has 1 N–H and O–H groups in total. The fourth-order valence-electron chi connectivity index (χ4n) is 2.33. The molecule has 0 aliphatic heterocycles. The van der Waals surface area contributed by atoms with E-state index in [4.69, 9.17) is 0 Å². The summed E-state index contributed by atoms with van der Waals surface area (Å²) in [6, 6.07) is 5.82. The zero-order chi connectivity index (χ0) is 18.4. The molecule has 0 spiro atoms. The molecular formula is C18H22FN3O2S. The van der Waals surface area contributed by atoms with Crippen molar-refractivity contribution in [2.45, 2.75) is 27.2 Å². The number of halogens is 1. The molecule has 0 aliphatic rings. The average molecular weight is 363 g/mol. The van der Waals surface area contributed by atoms with Gasteiger partial charge in [-0.25, -0.2) is 9.37 Å². The standard InChI is InChI=1S/C18H22FN3O2S/c1-12(2)10-22(11-16(23)21-18-20-9-13(3)25-18)17(24)8-14-4-6-15(19)7-5-14/h4-7,9,12H,8,10-11H2,1-3H3,(H,20,21,23). The maximum atomic E-state index is 13.0. The number of hydrogen-bond acceptors (Lipinski definition) is 4. The van der Waals surface area contributed by atoms with Crippen LogP contribution in [0.3, 0.4) is 0 Å². The molecule has 0 unspecified atom stereocenters. The molecule has 1 aromatic heterocycles. The minimum Gasteiger partial charge on any atom is -0.333 e. The van der Waals surface area contributed by atoms with Gasteiger partial charge in [0.1, 0.15) is 5.82 Å². The lowest BCUT2D eigenvalue weighted by Gasteiger charge is -2.24. The molecule has 0 saturated carbocycles. The second-order valence-corrected chi connectivity index (χ2v) is 7.53. The van der Waals surface area contributed by atoms with Crippen molar-refractivity contribution >= 4 is 28.3 Å². The van der Waals surface area contributed by atoms with Crippen LogP contribution in [0.5, 0.6) is 0 Å². The predicted molar refractivity (Wildman–Crippen MR) is 97.0 cm³/mol. The second-order valence-electron chi connectivity index (χ2n) is 6.30. The van der Waals surface area contributed by atoms with E-state index in [-0.39, 0.29) is 36.5 Å². The summed E-state index contributed by atoms with van der Waals surface area (Å²) in [5.74, 6) is -0.548. The van der Waals surface area contributed by atoms with Gasteiger partial charge in [0.05, 0.1) is 13.0 Å².